The molecule has 1 N–H and O–H groups in total. The van der Waals surface area contributed by atoms with Crippen molar-refractivity contribution in [1.29, 1.82) is 0 Å². The molecule has 1 saturated carbocycles. The van der Waals surface area contributed by atoms with Crippen LogP contribution in [-0.4, -0.2) is 44.7 Å². The van der Waals surface area contributed by atoms with Gasteiger partial charge < -0.3 is 9.80 Å². The summed E-state index contributed by atoms with van der Waals surface area (Å²) in [7, 11) is 4.47. The molecule has 17 heavy (non-hydrogen) atoms. The van der Waals surface area contributed by atoms with Crippen molar-refractivity contribution in [3.63, 3.8) is 0 Å². The molecule has 2 aliphatic rings. The van der Waals surface area contributed by atoms with Gasteiger partial charge in [0.15, 0.2) is 0 Å². The summed E-state index contributed by atoms with van der Waals surface area (Å²) in [5, 5.41) is 0. The number of nitrogens with zero attached hydrogens (tertiary/aromatic N) is 1. The van der Waals surface area contributed by atoms with Crippen LogP contribution in [0, 0.1) is 11.8 Å². The smallest absolute Gasteiger partial charge is 0.0802 e. The quantitative estimate of drug-likeness (QED) is 0.783. The van der Waals surface area contributed by atoms with Crippen LogP contribution in [0.5, 0.6) is 0 Å². The van der Waals surface area contributed by atoms with Crippen LogP contribution in [0.3, 0.4) is 0 Å². The third-order valence-electron chi connectivity index (χ3n) is 5.23. The molecule has 2 unspecified atom stereocenters. The second-order valence-electron chi connectivity index (χ2n) is 6.67. The summed E-state index contributed by atoms with van der Waals surface area (Å²) in [5.41, 5.74) is 0. The minimum absolute atomic E-state index is 0.850. The molecule has 0 bridgehead atoms. The molecule has 0 aromatic carbocycles. The molecule has 1 aliphatic carbocycles. The first-order valence-corrected chi connectivity index (χ1v) is 7.67. The molecule has 1 heterocycles. The standard InChI is InChI=1S/C15H30N2/c1-13-6-4-5-7-14(13)12-17-10-8-15(9-11-17)16(2)3/h13-15H,4-12H2,1-3H3/p+1. The SMILES string of the molecule is CC1CCCCC1C[NH+]1CCC(N(C)C)CC1. The summed E-state index contributed by atoms with van der Waals surface area (Å²) >= 11 is 0. The molecule has 100 valence electrons. The minimum Gasteiger partial charge on any atom is -0.335 e. The molecular formula is C15H31N2+. The maximum atomic E-state index is 2.48. The van der Waals surface area contributed by atoms with Gasteiger partial charge in [-0.15, -0.1) is 0 Å². The van der Waals surface area contributed by atoms with Gasteiger partial charge in [-0.2, -0.15) is 0 Å². The first-order valence-electron chi connectivity index (χ1n) is 7.67. The molecule has 2 nitrogen and oxygen atoms in total. The maximum absolute atomic E-state index is 2.48. The van der Waals surface area contributed by atoms with E-state index >= 15 is 0 Å². The normalized spacial score (nSPS) is 39.5. The van der Waals surface area contributed by atoms with E-state index in [2.05, 4.69) is 25.9 Å². The largest absolute Gasteiger partial charge is 0.335 e. The summed E-state index contributed by atoms with van der Waals surface area (Å²) in [4.78, 5) is 4.31. The lowest BCUT2D eigenvalue weighted by Crippen LogP contribution is -3.14. The van der Waals surface area contributed by atoms with Crippen molar-refractivity contribution in [2.24, 2.45) is 11.8 Å². The Bertz CT molecular complexity index is 219. The maximum Gasteiger partial charge on any atom is 0.0802 e. The zero-order chi connectivity index (χ0) is 12.3. The van der Waals surface area contributed by atoms with E-state index in [0.717, 1.165) is 17.9 Å². The number of quaternary nitrogens is 1. The number of hydrogen-bond donors (Lipinski definition) is 1. The lowest BCUT2D eigenvalue weighted by molar-refractivity contribution is -0.909. The van der Waals surface area contributed by atoms with Crippen molar-refractivity contribution in [1.82, 2.24) is 4.90 Å². The number of piperidine rings is 1. The van der Waals surface area contributed by atoms with Gasteiger partial charge in [0, 0.05) is 24.8 Å². The van der Waals surface area contributed by atoms with E-state index in [0.29, 0.717) is 0 Å². The van der Waals surface area contributed by atoms with Gasteiger partial charge in [0.1, 0.15) is 0 Å². The number of nitrogens with one attached hydrogen (secondary N) is 1. The van der Waals surface area contributed by atoms with Crippen LogP contribution in [0.1, 0.15) is 45.4 Å². The van der Waals surface area contributed by atoms with E-state index in [9.17, 15) is 0 Å². The Labute approximate surface area is 107 Å². The molecule has 2 atom stereocenters. The average molecular weight is 239 g/mol. The van der Waals surface area contributed by atoms with Gasteiger partial charge in [-0.3, -0.25) is 0 Å². The molecule has 0 spiro atoms. The Morgan fingerprint density at radius 2 is 1.65 bits per heavy atom. The van der Waals surface area contributed by atoms with Gasteiger partial charge >= 0.3 is 0 Å². The Morgan fingerprint density at radius 3 is 2.24 bits per heavy atom. The molecule has 1 saturated heterocycles. The van der Waals surface area contributed by atoms with Gasteiger partial charge in [-0.05, 0) is 26.4 Å². The predicted molar refractivity (Wildman–Crippen MR) is 73.4 cm³/mol. The molecular weight excluding hydrogens is 208 g/mol. The average Bonchev–Trinajstić information content (AvgIpc) is 2.33. The Hall–Kier alpha value is -0.0800. The Balaban J connectivity index is 1.73. The first kappa shape index (κ1) is 13.4. The predicted octanol–water partition coefficient (Wildman–Crippen LogP) is 1.42. The van der Waals surface area contributed by atoms with Crippen molar-refractivity contribution in [3.05, 3.63) is 0 Å². The summed E-state index contributed by atoms with van der Waals surface area (Å²) in [6.45, 7) is 6.76. The fourth-order valence-corrected chi connectivity index (χ4v) is 3.80. The molecule has 2 fully saturated rings. The molecule has 0 aromatic heterocycles. The Morgan fingerprint density at radius 1 is 1.00 bits per heavy atom. The fraction of sp³-hybridized carbons (Fsp3) is 1.00. The Kier molecular flexibility index (Phi) is 4.87. The van der Waals surface area contributed by atoms with E-state index in [4.69, 9.17) is 0 Å². The van der Waals surface area contributed by atoms with Gasteiger partial charge in [0.05, 0.1) is 19.6 Å². The van der Waals surface area contributed by atoms with Crippen LogP contribution in [0.15, 0.2) is 0 Å². The van der Waals surface area contributed by atoms with Crippen LogP contribution < -0.4 is 4.90 Å². The molecule has 1 aliphatic heterocycles. The second-order valence-corrected chi connectivity index (χ2v) is 6.67. The topological polar surface area (TPSA) is 7.68 Å². The summed E-state index contributed by atoms with van der Waals surface area (Å²) < 4.78 is 0. The van der Waals surface area contributed by atoms with Gasteiger partial charge in [0.2, 0.25) is 0 Å². The van der Waals surface area contributed by atoms with Crippen molar-refractivity contribution >= 4 is 0 Å². The summed E-state index contributed by atoms with van der Waals surface area (Å²) in [6, 6.07) is 0.850. The summed E-state index contributed by atoms with van der Waals surface area (Å²) in [6.07, 6.45) is 8.77. The van der Waals surface area contributed by atoms with Crippen LogP contribution >= 0.6 is 0 Å². The zero-order valence-electron chi connectivity index (χ0n) is 12.0. The molecule has 0 amide bonds. The molecule has 0 aromatic rings. The van der Waals surface area contributed by atoms with E-state index in [1.54, 1.807) is 0 Å². The highest BCUT2D eigenvalue weighted by Crippen LogP contribution is 2.28. The van der Waals surface area contributed by atoms with Crippen molar-refractivity contribution in [2.75, 3.05) is 33.7 Å². The van der Waals surface area contributed by atoms with Crippen molar-refractivity contribution in [3.8, 4) is 0 Å². The monoisotopic (exact) mass is 239 g/mol. The lowest BCUT2D eigenvalue weighted by atomic mass is 9.80. The number of hydrogen-bond acceptors (Lipinski definition) is 1. The highest BCUT2D eigenvalue weighted by atomic mass is 15.2. The lowest BCUT2D eigenvalue weighted by Gasteiger charge is -2.36. The van der Waals surface area contributed by atoms with Crippen LogP contribution in [0.4, 0.5) is 0 Å². The molecule has 0 radical (unpaired) electrons. The third kappa shape index (κ3) is 3.69. The zero-order valence-corrected chi connectivity index (χ0v) is 12.0. The van der Waals surface area contributed by atoms with Crippen LogP contribution in [-0.2, 0) is 0 Å². The van der Waals surface area contributed by atoms with Crippen molar-refractivity contribution in [2.45, 2.75) is 51.5 Å². The number of likely N-dealkylation sites (tertiary alicyclic amines) is 1. The van der Waals surface area contributed by atoms with E-state index in [-0.39, 0.29) is 0 Å². The highest BCUT2D eigenvalue weighted by molar-refractivity contribution is 4.73. The van der Waals surface area contributed by atoms with Gasteiger partial charge in [0.25, 0.3) is 0 Å². The van der Waals surface area contributed by atoms with Crippen LogP contribution in [0.25, 0.3) is 0 Å². The summed E-state index contributed by atoms with van der Waals surface area (Å²) in [5.74, 6) is 2.01. The third-order valence-corrected chi connectivity index (χ3v) is 5.23. The van der Waals surface area contributed by atoms with Gasteiger partial charge in [-0.25, -0.2) is 0 Å². The molecule has 2 rings (SSSR count). The van der Waals surface area contributed by atoms with Gasteiger partial charge in [-0.1, -0.05) is 26.2 Å². The van der Waals surface area contributed by atoms with E-state index < -0.39 is 0 Å². The van der Waals surface area contributed by atoms with Crippen LogP contribution in [0.2, 0.25) is 0 Å². The second kappa shape index (κ2) is 6.19. The highest BCUT2D eigenvalue weighted by Gasteiger charge is 2.29. The minimum atomic E-state index is 0.850. The fourth-order valence-electron chi connectivity index (χ4n) is 3.80. The van der Waals surface area contributed by atoms with E-state index in [1.807, 2.05) is 4.90 Å². The molecule has 2 heteroatoms. The number of rotatable bonds is 3. The van der Waals surface area contributed by atoms with E-state index in [1.165, 1.54) is 58.2 Å². The first-order chi connectivity index (χ1) is 8.16. The van der Waals surface area contributed by atoms with Crippen molar-refractivity contribution < 1.29 is 4.90 Å².